The zero-order chi connectivity index (χ0) is 18.0. The van der Waals surface area contributed by atoms with Gasteiger partial charge in [-0.3, -0.25) is 0 Å². The molecule has 0 atom stereocenters. The first-order valence-electron chi connectivity index (χ1n) is 7.21. The number of hydrogen-bond donors (Lipinski definition) is 2. The highest BCUT2D eigenvalue weighted by Crippen LogP contribution is 2.38. The van der Waals surface area contributed by atoms with Crippen molar-refractivity contribution in [1.82, 2.24) is 14.6 Å². The van der Waals surface area contributed by atoms with Crippen molar-refractivity contribution in [2.75, 3.05) is 5.32 Å². The minimum absolute atomic E-state index is 0.238. The molecule has 0 bridgehead atoms. The maximum Gasteiger partial charge on any atom is 0.416 e. The smallest absolute Gasteiger partial charge is 0.416 e. The molecule has 0 radical (unpaired) electrons. The summed E-state index contributed by atoms with van der Waals surface area (Å²) in [4.78, 5) is 0. The van der Waals surface area contributed by atoms with Crippen LogP contribution in [-0.4, -0.2) is 19.7 Å². The zero-order valence-corrected chi connectivity index (χ0v) is 13.8. The number of hydrogen-bond acceptors (Lipinski definition) is 6. The first-order chi connectivity index (χ1) is 11.8. The third-order valence-corrected chi connectivity index (χ3v) is 4.11. The van der Waals surface area contributed by atoms with Crippen molar-refractivity contribution in [3.05, 3.63) is 52.7 Å². The highest BCUT2D eigenvalue weighted by atomic mass is 32.1. The van der Waals surface area contributed by atoms with Crippen molar-refractivity contribution in [3.63, 3.8) is 0 Å². The monoisotopic (exact) mass is 366 g/mol. The number of halogens is 3. The number of anilines is 1. The molecule has 2 heterocycles. The summed E-state index contributed by atoms with van der Waals surface area (Å²) in [7, 11) is 0. The lowest BCUT2D eigenvalue weighted by Gasteiger charge is -2.13. The maximum absolute atomic E-state index is 12.8. The Morgan fingerprint density at radius 1 is 1.20 bits per heavy atom. The van der Waals surface area contributed by atoms with E-state index in [1.54, 1.807) is 18.3 Å². The number of alkyl halides is 3. The molecule has 2 N–H and O–H groups in total. The minimum atomic E-state index is -4.52. The Bertz CT molecular complexity index is 841. The molecule has 5 nitrogen and oxygen atoms in total. The number of aryl methyl sites for hydroxylation is 1. The van der Waals surface area contributed by atoms with Crippen LogP contribution in [0.5, 0.6) is 5.75 Å². The minimum Gasteiger partial charge on any atom is -0.507 e. The number of nitrogens with zero attached hydrogens (tertiary/aromatic N) is 3. The average Bonchev–Trinajstić information content (AvgIpc) is 3.06. The summed E-state index contributed by atoms with van der Waals surface area (Å²) >= 11 is 1.32. The Morgan fingerprint density at radius 2 is 2.00 bits per heavy atom. The number of phenols is 1. The molecule has 0 unspecified atom stereocenters. The van der Waals surface area contributed by atoms with Gasteiger partial charge in [0.25, 0.3) is 0 Å². The van der Waals surface area contributed by atoms with Gasteiger partial charge in [-0.2, -0.15) is 27.7 Å². The summed E-state index contributed by atoms with van der Waals surface area (Å²) in [5.41, 5.74) is 1.44. The van der Waals surface area contributed by atoms with Gasteiger partial charge in [-0.05, 0) is 48.3 Å². The van der Waals surface area contributed by atoms with E-state index in [1.165, 1.54) is 18.5 Å². The summed E-state index contributed by atoms with van der Waals surface area (Å²) in [6.45, 7) is 1.93. The van der Waals surface area contributed by atoms with Crippen LogP contribution < -0.4 is 5.32 Å². The van der Waals surface area contributed by atoms with Crippen molar-refractivity contribution >= 4 is 17.2 Å². The molecule has 0 aliphatic heterocycles. The van der Waals surface area contributed by atoms with E-state index in [9.17, 15) is 18.3 Å². The van der Waals surface area contributed by atoms with Gasteiger partial charge in [0.2, 0.25) is 0 Å². The topological polar surface area (TPSA) is 70.9 Å². The number of nitrogens with one attached hydrogen (secondary N) is 1. The molecule has 3 aromatic rings. The lowest BCUT2D eigenvalue weighted by Crippen LogP contribution is -2.06. The van der Waals surface area contributed by atoms with Crippen LogP contribution in [0.15, 0.2) is 35.8 Å². The summed E-state index contributed by atoms with van der Waals surface area (Å²) in [6.07, 6.45) is -2.82. The van der Waals surface area contributed by atoms with E-state index in [0.29, 0.717) is 24.0 Å². The average molecular weight is 366 g/mol. The third kappa shape index (κ3) is 3.87. The molecule has 0 aliphatic rings. The predicted octanol–water partition coefficient (Wildman–Crippen LogP) is 4.25. The largest absolute Gasteiger partial charge is 0.507 e. The fraction of sp³-hybridized carbons (Fsp3) is 0.188. The Labute approximate surface area is 145 Å². The molecule has 9 heteroatoms. The number of phenolic OH excluding ortho intramolecular Hbond substituents is 1. The molecule has 3 rings (SSSR count). The van der Waals surface area contributed by atoms with Gasteiger partial charge in [0.1, 0.15) is 5.75 Å². The van der Waals surface area contributed by atoms with Crippen molar-refractivity contribution in [2.24, 2.45) is 0 Å². The Balaban J connectivity index is 1.82. The second kappa shape index (κ2) is 6.67. The van der Waals surface area contributed by atoms with E-state index in [0.717, 1.165) is 11.8 Å². The normalized spacial score (nSPS) is 11.5. The zero-order valence-electron chi connectivity index (χ0n) is 13.0. The van der Waals surface area contributed by atoms with Crippen molar-refractivity contribution < 1.29 is 18.3 Å². The first kappa shape index (κ1) is 17.2. The first-order valence-corrected chi connectivity index (χ1v) is 8.05. The highest BCUT2D eigenvalue weighted by Gasteiger charge is 2.32. The lowest BCUT2D eigenvalue weighted by molar-refractivity contribution is -0.137. The van der Waals surface area contributed by atoms with Gasteiger partial charge in [-0.1, -0.05) is 0 Å². The van der Waals surface area contributed by atoms with Gasteiger partial charge in [-0.25, -0.2) is 0 Å². The van der Waals surface area contributed by atoms with Gasteiger partial charge in [0, 0.05) is 10.9 Å². The number of rotatable bonds is 4. The lowest BCUT2D eigenvalue weighted by atomic mass is 10.0. The molecule has 130 valence electrons. The summed E-state index contributed by atoms with van der Waals surface area (Å²) in [5, 5.41) is 23.0. The fourth-order valence-electron chi connectivity index (χ4n) is 2.34. The van der Waals surface area contributed by atoms with Crippen LogP contribution in [0, 0.1) is 6.92 Å². The van der Waals surface area contributed by atoms with Crippen LogP contribution in [-0.2, 0) is 12.7 Å². The number of aromatic hydroxyl groups is 1. The van der Waals surface area contributed by atoms with E-state index < -0.39 is 17.5 Å². The maximum atomic E-state index is 12.8. The van der Waals surface area contributed by atoms with E-state index in [2.05, 4.69) is 19.9 Å². The molecule has 1 aromatic carbocycles. The Hall–Kier alpha value is -2.68. The molecule has 0 fully saturated rings. The van der Waals surface area contributed by atoms with Crippen molar-refractivity contribution in [2.45, 2.75) is 19.6 Å². The van der Waals surface area contributed by atoms with Gasteiger partial charge in [0.15, 0.2) is 0 Å². The van der Waals surface area contributed by atoms with Crippen LogP contribution in [0.1, 0.15) is 16.8 Å². The molecular formula is C16H13F3N4OS. The van der Waals surface area contributed by atoms with Crippen molar-refractivity contribution in [1.29, 1.82) is 0 Å². The molecule has 2 aromatic heterocycles. The highest BCUT2D eigenvalue weighted by molar-refractivity contribution is 7.04. The second-order valence-corrected chi connectivity index (χ2v) is 6.02. The van der Waals surface area contributed by atoms with E-state index in [4.69, 9.17) is 0 Å². The quantitative estimate of drug-likeness (QED) is 0.722. The van der Waals surface area contributed by atoms with E-state index in [1.807, 2.05) is 5.38 Å². The van der Waals surface area contributed by atoms with Gasteiger partial charge in [0.05, 0.1) is 35.4 Å². The summed E-state index contributed by atoms with van der Waals surface area (Å²) in [5.74, 6) is -0.475. The van der Waals surface area contributed by atoms with Crippen LogP contribution in [0.25, 0.3) is 11.3 Å². The second-order valence-electron chi connectivity index (χ2n) is 5.36. The molecule has 0 spiro atoms. The third-order valence-electron chi connectivity index (χ3n) is 3.52. The van der Waals surface area contributed by atoms with Crippen LogP contribution in [0.2, 0.25) is 0 Å². The Kier molecular flexibility index (Phi) is 4.58. The predicted molar refractivity (Wildman–Crippen MR) is 88.3 cm³/mol. The van der Waals surface area contributed by atoms with Gasteiger partial charge in [-0.15, -0.1) is 0 Å². The molecule has 0 amide bonds. The van der Waals surface area contributed by atoms with Crippen LogP contribution in [0.3, 0.4) is 0 Å². The van der Waals surface area contributed by atoms with Gasteiger partial charge < -0.3 is 10.4 Å². The van der Waals surface area contributed by atoms with Crippen LogP contribution in [0.4, 0.5) is 18.9 Å². The molecule has 25 heavy (non-hydrogen) atoms. The fourth-order valence-corrected chi connectivity index (χ4v) is 2.83. The number of aromatic nitrogens is 3. The standard InChI is InChI=1S/C16H13F3N4OS/c1-9-4-10(16(17,18)19)5-14(24)15(9)13-3-2-11(22-23-13)6-20-12-7-21-25-8-12/h2-5,7-8,20,24H,6H2,1H3. The molecule has 0 aliphatic carbocycles. The molecule has 0 saturated heterocycles. The molecule has 0 saturated carbocycles. The van der Waals surface area contributed by atoms with E-state index >= 15 is 0 Å². The van der Waals surface area contributed by atoms with E-state index in [-0.39, 0.29) is 11.1 Å². The summed E-state index contributed by atoms with van der Waals surface area (Å²) < 4.78 is 42.3. The SMILES string of the molecule is Cc1cc(C(F)(F)F)cc(O)c1-c1ccc(CNc2cnsc2)nn1. The molecular weight excluding hydrogens is 353 g/mol. The van der Waals surface area contributed by atoms with Crippen LogP contribution >= 0.6 is 11.5 Å². The van der Waals surface area contributed by atoms with Crippen molar-refractivity contribution in [3.8, 4) is 17.0 Å². The summed E-state index contributed by atoms with van der Waals surface area (Å²) in [6, 6.07) is 5.00. The van der Waals surface area contributed by atoms with Gasteiger partial charge >= 0.3 is 6.18 Å². The Morgan fingerprint density at radius 3 is 2.56 bits per heavy atom. The number of benzene rings is 1.